The Kier molecular flexibility index (Phi) is 29.4. The van der Waals surface area contributed by atoms with E-state index in [9.17, 15) is 0 Å². The molecule has 0 radical (unpaired) electrons. The molecule has 0 aromatic heterocycles. The second kappa shape index (κ2) is 29.0. The molecule has 0 saturated carbocycles. The van der Waals surface area contributed by atoms with Crippen molar-refractivity contribution in [2.45, 2.75) is 199 Å². The van der Waals surface area contributed by atoms with E-state index in [1.165, 1.54) is 179 Å². The molecule has 0 heterocycles. The Labute approximate surface area is 228 Å². The predicted molar refractivity (Wildman–Crippen MR) is 165 cm³/mol. The van der Waals surface area contributed by atoms with Gasteiger partial charge in [0.1, 0.15) is 7.38 Å². The highest BCUT2D eigenvalue weighted by atomic mass is 35.6. The summed E-state index contributed by atoms with van der Waals surface area (Å²) in [5, 5.41) is 8.77. The van der Waals surface area contributed by atoms with E-state index in [1.807, 2.05) is 0 Å². The number of rotatable bonds is 30. The number of halogens is 1. The molecule has 0 aliphatic rings. The van der Waals surface area contributed by atoms with Crippen LogP contribution in [0.5, 0.6) is 0 Å². The minimum atomic E-state index is -1.31. The predicted octanol–water partition coefficient (Wildman–Crippen LogP) is 12.3. The molecule has 0 amide bonds. The largest absolute Gasteiger partial charge is 0.396 e. The van der Waals surface area contributed by atoms with Gasteiger partial charge in [-0.1, -0.05) is 186 Å². The van der Waals surface area contributed by atoms with Crippen molar-refractivity contribution in [3.05, 3.63) is 0 Å². The van der Waals surface area contributed by atoms with Gasteiger partial charge in [0.25, 0.3) is 0 Å². The molecule has 3 heteroatoms. The van der Waals surface area contributed by atoms with Gasteiger partial charge in [0.05, 0.1) is 0 Å². The van der Waals surface area contributed by atoms with Crippen LogP contribution in [-0.2, 0) is 0 Å². The molecule has 0 spiro atoms. The van der Waals surface area contributed by atoms with Crippen LogP contribution in [0.25, 0.3) is 0 Å². The van der Waals surface area contributed by atoms with E-state index >= 15 is 0 Å². The summed E-state index contributed by atoms with van der Waals surface area (Å²) in [7, 11) is -1.31. The molecule has 1 N–H and O–H groups in total. The first kappa shape index (κ1) is 35.5. The molecule has 0 aliphatic heterocycles. The van der Waals surface area contributed by atoms with Crippen molar-refractivity contribution < 1.29 is 5.11 Å². The summed E-state index contributed by atoms with van der Waals surface area (Å²) in [6, 6.07) is 1.30. The normalized spacial score (nSPS) is 12.0. The Balaban J connectivity index is 3.03. The average Bonchev–Trinajstić information content (AvgIpc) is 2.82. The molecule has 1 nitrogen and oxygen atoms in total. The zero-order valence-electron chi connectivity index (χ0n) is 24.5. The highest BCUT2D eigenvalue weighted by molar-refractivity contribution is 7.19. The zero-order chi connectivity index (χ0) is 25.7. The molecule has 35 heavy (non-hydrogen) atoms. The smallest absolute Gasteiger partial charge is 0.150 e. The number of aliphatic hydroxyl groups excluding tert-OH is 1. The monoisotopic (exact) mass is 530 g/mol. The van der Waals surface area contributed by atoms with Crippen LogP contribution in [-0.4, -0.2) is 19.1 Å². The molecule has 0 fully saturated rings. The van der Waals surface area contributed by atoms with Gasteiger partial charge in [-0.25, -0.2) is 0 Å². The van der Waals surface area contributed by atoms with E-state index in [2.05, 4.69) is 13.1 Å². The van der Waals surface area contributed by atoms with Crippen LogP contribution in [0.15, 0.2) is 0 Å². The van der Waals surface area contributed by atoms with E-state index in [0.29, 0.717) is 6.61 Å². The van der Waals surface area contributed by atoms with Crippen LogP contribution in [0.2, 0.25) is 19.1 Å². The summed E-state index contributed by atoms with van der Waals surface area (Å²) in [6.45, 7) is 4.91. The number of hydrogen-bond donors (Lipinski definition) is 1. The van der Waals surface area contributed by atoms with Gasteiger partial charge in [0, 0.05) is 6.61 Å². The fourth-order valence-corrected chi connectivity index (χ4v) is 6.74. The molecule has 0 bridgehead atoms. The lowest BCUT2D eigenvalue weighted by molar-refractivity contribution is 0.282. The molecular formula is C32H67ClOSi. The van der Waals surface area contributed by atoms with E-state index < -0.39 is 7.38 Å². The Hall–Kier alpha value is 0.467. The number of unbranched alkanes of at least 4 members (excludes halogenated alkanes) is 27. The molecule has 0 unspecified atom stereocenters. The van der Waals surface area contributed by atoms with E-state index in [0.717, 1.165) is 6.42 Å². The van der Waals surface area contributed by atoms with Crippen LogP contribution in [0.1, 0.15) is 180 Å². The van der Waals surface area contributed by atoms with Gasteiger partial charge in [0.15, 0.2) is 0 Å². The van der Waals surface area contributed by atoms with Crippen LogP contribution < -0.4 is 0 Å². The van der Waals surface area contributed by atoms with Gasteiger partial charge in [-0.2, -0.15) is 11.1 Å². The van der Waals surface area contributed by atoms with Crippen LogP contribution in [0.4, 0.5) is 0 Å². The highest BCUT2D eigenvalue weighted by Gasteiger charge is 2.15. The van der Waals surface area contributed by atoms with Crippen molar-refractivity contribution in [1.29, 1.82) is 0 Å². The van der Waals surface area contributed by atoms with E-state index in [4.69, 9.17) is 16.2 Å². The summed E-state index contributed by atoms with van der Waals surface area (Å²) in [4.78, 5) is 0. The number of aliphatic hydroxyl groups is 1. The van der Waals surface area contributed by atoms with Gasteiger partial charge < -0.3 is 5.11 Å². The number of hydrogen-bond acceptors (Lipinski definition) is 1. The Bertz CT molecular complexity index is 382. The lowest BCUT2D eigenvalue weighted by Gasteiger charge is -2.11. The maximum atomic E-state index is 8.77. The minimum Gasteiger partial charge on any atom is -0.396 e. The first-order chi connectivity index (χ1) is 17.1. The first-order valence-corrected chi connectivity index (χ1v) is 20.6. The Morgan fingerprint density at radius 1 is 0.343 bits per heavy atom. The van der Waals surface area contributed by atoms with Crippen molar-refractivity contribution >= 4 is 18.5 Å². The van der Waals surface area contributed by atoms with Crippen molar-refractivity contribution in [3.8, 4) is 0 Å². The van der Waals surface area contributed by atoms with Crippen LogP contribution in [0.3, 0.4) is 0 Å². The van der Waals surface area contributed by atoms with E-state index in [-0.39, 0.29) is 0 Å². The maximum Gasteiger partial charge on any atom is 0.150 e. The summed E-state index contributed by atoms with van der Waals surface area (Å²) in [5.74, 6) is 0. The summed E-state index contributed by atoms with van der Waals surface area (Å²) >= 11 is 6.38. The molecule has 0 saturated heterocycles. The quantitative estimate of drug-likeness (QED) is 0.0555. The molecule has 0 aliphatic carbocycles. The molecule has 0 aromatic rings. The topological polar surface area (TPSA) is 20.2 Å². The highest BCUT2D eigenvalue weighted by Crippen LogP contribution is 2.20. The summed E-state index contributed by atoms with van der Waals surface area (Å²) in [5.41, 5.74) is 0. The SMILES string of the molecule is C[Si](C)(Cl)CCCCCCCCCCCCCCCCCCCCCCCCCCCCCCO. The minimum absolute atomic E-state index is 0.372. The van der Waals surface area contributed by atoms with Crippen molar-refractivity contribution in [3.63, 3.8) is 0 Å². The van der Waals surface area contributed by atoms with Crippen LogP contribution >= 0.6 is 11.1 Å². The average molecular weight is 531 g/mol. The standard InChI is InChI=1S/C32H67ClOSi/c1-35(2,33)32-30-28-26-24-22-20-18-16-14-12-10-8-6-4-3-5-7-9-11-13-15-17-19-21-23-25-27-29-31-34/h34H,3-32H2,1-2H3. The van der Waals surface area contributed by atoms with Crippen LogP contribution in [0, 0.1) is 0 Å². The Morgan fingerprint density at radius 2 is 0.514 bits per heavy atom. The molecule has 0 rings (SSSR count). The first-order valence-electron chi connectivity index (χ1n) is 16.4. The third kappa shape index (κ3) is 34.5. The van der Waals surface area contributed by atoms with Gasteiger partial charge in [-0.05, 0) is 12.5 Å². The fraction of sp³-hybridized carbons (Fsp3) is 1.00. The van der Waals surface area contributed by atoms with Gasteiger partial charge in [0.2, 0.25) is 0 Å². The molecule has 0 aromatic carbocycles. The second-order valence-corrected chi connectivity index (χ2v) is 19.1. The van der Waals surface area contributed by atoms with Gasteiger partial charge >= 0.3 is 0 Å². The fourth-order valence-electron chi connectivity index (χ4n) is 5.25. The zero-order valence-corrected chi connectivity index (χ0v) is 26.3. The Morgan fingerprint density at radius 3 is 0.686 bits per heavy atom. The van der Waals surface area contributed by atoms with Crippen molar-refractivity contribution in [1.82, 2.24) is 0 Å². The third-order valence-corrected chi connectivity index (χ3v) is 9.79. The molecule has 0 atom stereocenters. The third-order valence-electron chi connectivity index (χ3n) is 7.68. The molecule has 212 valence electrons. The van der Waals surface area contributed by atoms with Crippen molar-refractivity contribution in [2.24, 2.45) is 0 Å². The second-order valence-electron chi connectivity index (χ2n) is 12.1. The summed E-state index contributed by atoms with van der Waals surface area (Å²) < 4.78 is 0. The molecular weight excluding hydrogens is 464 g/mol. The van der Waals surface area contributed by atoms with Gasteiger partial charge in [-0.3, -0.25) is 0 Å². The summed E-state index contributed by atoms with van der Waals surface area (Å²) in [6.07, 6.45) is 39.8. The maximum absolute atomic E-state index is 8.77. The van der Waals surface area contributed by atoms with Gasteiger partial charge in [-0.15, -0.1) is 0 Å². The lowest BCUT2D eigenvalue weighted by atomic mass is 10.0. The van der Waals surface area contributed by atoms with E-state index in [1.54, 1.807) is 0 Å². The lowest BCUT2D eigenvalue weighted by Crippen LogP contribution is -2.14. The van der Waals surface area contributed by atoms with Crippen molar-refractivity contribution in [2.75, 3.05) is 6.61 Å².